The lowest BCUT2D eigenvalue weighted by Gasteiger charge is -2.17. The van der Waals surface area contributed by atoms with Crippen molar-refractivity contribution in [2.45, 2.75) is 12.5 Å². The van der Waals surface area contributed by atoms with Crippen molar-refractivity contribution in [3.8, 4) is 0 Å². The van der Waals surface area contributed by atoms with Crippen LogP contribution in [0.15, 0.2) is 71.0 Å². The molecule has 1 aliphatic rings. The molecule has 4 rings (SSSR count). The Kier molecular flexibility index (Phi) is 3.67. The van der Waals surface area contributed by atoms with Crippen LogP contribution >= 0.6 is 11.3 Å². The summed E-state index contributed by atoms with van der Waals surface area (Å²) in [5.74, 6) is -0.226. The molecule has 2 nitrogen and oxygen atoms in total. The van der Waals surface area contributed by atoms with Gasteiger partial charge in [-0.2, -0.15) is 0 Å². The first-order valence-corrected chi connectivity index (χ1v) is 8.40. The average Bonchev–Trinajstić information content (AvgIpc) is 3.03. The third-order valence-electron chi connectivity index (χ3n) is 3.95. The van der Waals surface area contributed by atoms with E-state index >= 15 is 0 Å². The summed E-state index contributed by atoms with van der Waals surface area (Å²) in [4.78, 5) is 6.11. The van der Waals surface area contributed by atoms with Crippen LogP contribution in [0, 0.1) is 5.82 Å². The smallest absolute Gasteiger partial charge is 0.123 e. The third-order valence-corrected chi connectivity index (χ3v) is 4.94. The molecule has 0 bridgehead atoms. The summed E-state index contributed by atoms with van der Waals surface area (Å²) in [6.45, 7) is 0. The number of hydrogen-bond acceptors (Lipinski definition) is 3. The summed E-state index contributed by atoms with van der Waals surface area (Å²) in [7, 11) is 0. The van der Waals surface area contributed by atoms with Gasteiger partial charge in [-0.05, 0) is 41.3 Å². The molecule has 2 aromatic carbocycles. The predicted molar refractivity (Wildman–Crippen MR) is 94.3 cm³/mol. The second-order valence-electron chi connectivity index (χ2n) is 5.50. The maximum absolute atomic E-state index is 13.2. The van der Waals surface area contributed by atoms with Gasteiger partial charge < -0.3 is 5.32 Å². The first-order valence-electron chi connectivity index (χ1n) is 7.52. The van der Waals surface area contributed by atoms with Gasteiger partial charge in [-0.1, -0.05) is 30.3 Å². The number of halogens is 1. The molecule has 0 amide bonds. The fourth-order valence-corrected chi connectivity index (χ4v) is 3.58. The number of para-hydroxylation sites is 2. The van der Waals surface area contributed by atoms with Crippen molar-refractivity contribution in [1.82, 2.24) is 0 Å². The van der Waals surface area contributed by atoms with Crippen molar-refractivity contribution in [1.29, 1.82) is 0 Å². The molecule has 1 unspecified atom stereocenters. The molecule has 0 radical (unpaired) electrons. The highest BCUT2D eigenvalue weighted by Gasteiger charge is 2.21. The highest BCUT2D eigenvalue weighted by Crippen LogP contribution is 2.36. The van der Waals surface area contributed by atoms with E-state index in [-0.39, 0.29) is 11.9 Å². The van der Waals surface area contributed by atoms with E-state index in [0.29, 0.717) is 0 Å². The average molecular weight is 322 g/mol. The van der Waals surface area contributed by atoms with Gasteiger partial charge in [0.2, 0.25) is 0 Å². The van der Waals surface area contributed by atoms with Gasteiger partial charge in [0.15, 0.2) is 0 Å². The fraction of sp³-hybridized carbons (Fsp3) is 0.105. The highest BCUT2D eigenvalue weighted by atomic mass is 32.1. The zero-order valence-corrected chi connectivity index (χ0v) is 13.2. The molecule has 1 aliphatic heterocycles. The second kappa shape index (κ2) is 5.97. The standard InChI is InChI=1S/C19H15FN2S/c20-14-9-7-13(8-10-14)17-12-18(19-6-3-11-23-19)22-16-5-2-1-4-15(16)21-17/h1-11,18,22H,12H2. The largest absolute Gasteiger partial charge is 0.375 e. The van der Waals surface area contributed by atoms with Gasteiger partial charge in [-0.15, -0.1) is 11.3 Å². The summed E-state index contributed by atoms with van der Waals surface area (Å²) in [5, 5.41) is 5.68. The van der Waals surface area contributed by atoms with Crippen molar-refractivity contribution >= 4 is 28.4 Å². The van der Waals surface area contributed by atoms with E-state index in [4.69, 9.17) is 4.99 Å². The fourth-order valence-electron chi connectivity index (χ4n) is 2.80. The molecule has 0 spiro atoms. The maximum atomic E-state index is 13.2. The predicted octanol–water partition coefficient (Wildman–Crippen LogP) is 5.56. The van der Waals surface area contributed by atoms with Gasteiger partial charge in [-0.25, -0.2) is 4.39 Å². The lowest BCUT2D eigenvalue weighted by atomic mass is 10.0. The first kappa shape index (κ1) is 14.2. The molecule has 1 aromatic heterocycles. The van der Waals surface area contributed by atoms with Crippen molar-refractivity contribution in [3.63, 3.8) is 0 Å². The topological polar surface area (TPSA) is 24.4 Å². The van der Waals surface area contributed by atoms with E-state index in [9.17, 15) is 4.39 Å². The molecule has 114 valence electrons. The van der Waals surface area contributed by atoms with E-state index in [0.717, 1.165) is 29.1 Å². The molecule has 0 saturated heterocycles. The zero-order valence-electron chi connectivity index (χ0n) is 12.4. The van der Waals surface area contributed by atoms with Crippen LogP contribution in [-0.4, -0.2) is 5.71 Å². The number of fused-ring (bicyclic) bond motifs is 1. The van der Waals surface area contributed by atoms with Crippen LogP contribution < -0.4 is 5.32 Å². The van der Waals surface area contributed by atoms with Gasteiger partial charge in [0.05, 0.1) is 23.1 Å². The molecule has 0 aliphatic carbocycles. The Morgan fingerprint density at radius 2 is 1.83 bits per heavy atom. The number of thiophene rings is 1. The van der Waals surface area contributed by atoms with Gasteiger partial charge in [-0.3, -0.25) is 4.99 Å². The van der Waals surface area contributed by atoms with Crippen molar-refractivity contribution < 1.29 is 4.39 Å². The number of nitrogens with one attached hydrogen (secondary N) is 1. The highest BCUT2D eigenvalue weighted by molar-refractivity contribution is 7.10. The van der Waals surface area contributed by atoms with Crippen LogP contribution in [0.5, 0.6) is 0 Å². The summed E-state index contributed by atoms with van der Waals surface area (Å²) >= 11 is 1.74. The van der Waals surface area contributed by atoms with E-state index < -0.39 is 0 Å². The molecule has 0 fully saturated rings. The van der Waals surface area contributed by atoms with Gasteiger partial charge >= 0.3 is 0 Å². The summed E-state index contributed by atoms with van der Waals surface area (Å²) in [6, 6.07) is 19.0. The maximum Gasteiger partial charge on any atom is 0.123 e. The van der Waals surface area contributed by atoms with E-state index in [1.807, 2.05) is 24.3 Å². The molecule has 23 heavy (non-hydrogen) atoms. The Balaban J connectivity index is 1.80. The monoisotopic (exact) mass is 322 g/mol. The lowest BCUT2D eigenvalue weighted by molar-refractivity contribution is 0.627. The summed E-state index contributed by atoms with van der Waals surface area (Å²) in [5.41, 5.74) is 3.89. The van der Waals surface area contributed by atoms with Crippen LogP contribution in [0.2, 0.25) is 0 Å². The lowest BCUT2D eigenvalue weighted by Crippen LogP contribution is -2.13. The summed E-state index contributed by atoms with van der Waals surface area (Å²) in [6.07, 6.45) is 0.765. The Bertz CT molecular complexity index is 838. The van der Waals surface area contributed by atoms with Gasteiger partial charge in [0, 0.05) is 11.3 Å². The SMILES string of the molecule is Fc1ccc(C2=Nc3ccccc3NC(c3cccs3)C2)cc1. The minimum Gasteiger partial charge on any atom is -0.375 e. The molecule has 3 aromatic rings. The normalized spacial score (nSPS) is 16.9. The minimum atomic E-state index is -0.226. The zero-order chi connectivity index (χ0) is 15.6. The molecule has 2 heterocycles. The molecule has 1 atom stereocenters. The number of rotatable bonds is 2. The number of aliphatic imine (C=N–C) groups is 1. The van der Waals surface area contributed by atoms with Gasteiger partial charge in [0.25, 0.3) is 0 Å². The minimum absolute atomic E-state index is 0.169. The van der Waals surface area contributed by atoms with Crippen LogP contribution in [0.3, 0.4) is 0 Å². The molecular weight excluding hydrogens is 307 g/mol. The van der Waals surface area contributed by atoms with Crippen molar-refractivity contribution in [2.75, 3.05) is 5.32 Å². The van der Waals surface area contributed by atoms with Crippen LogP contribution in [0.1, 0.15) is 22.9 Å². The molecule has 1 N–H and O–H groups in total. The summed E-state index contributed by atoms with van der Waals surface area (Å²) < 4.78 is 13.2. The first-order chi connectivity index (χ1) is 11.3. The number of anilines is 1. The molecular formula is C19H15FN2S. The van der Waals surface area contributed by atoms with Crippen molar-refractivity contribution in [3.05, 3.63) is 82.3 Å². The quantitative estimate of drug-likeness (QED) is 0.656. The van der Waals surface area contributed by atoms with E-state index in [2.05, 4.69) is 22.8 Å². The number of benzene rings is 2. The number of nitrogens with zero attached hydrogens (tertiary/aromatic N) is 1. The van der Waals surface area contributed by atoms with E-state index in [1.54, 1.807) is 23.5 Å². The number of hydrogen-bond donors (Lipinski definition) is 1. The Hall–Kier alpha value is -2.46. The molecule has 0 saturated carbocycles. The Morgan fingerprint density at radius 1 is 1.00 bits per heavy atom. The van der Waals surface area contributed by atoms with Crippen LogP contribution in [-0.2, 0) is 0 Å². The van der Waals surface area contributed by atoms with Gasteiger partial charge in [0.1, 0.15) is 5.82 Å². The third kappa shape index (κ3) is 2.90. The van der Waals surface area contributed by atoms with Crippen molar-refractivity contribution in [2.24, 2.45) is 4.99 Å². The Morgan fingerprint density at radius 3 is 2.61 bits per heavy atom. The van der Waals surface area contributed by atoms with E-state index in [1.165, 1.54) is 17.0 Å². The van der Waals surface area contributed by atoms with Crippen LogP contribution in [0.4, 0.5) is 15.8 Å². The molecule has 4 heteroatoms. The van der Waals surface area contributed by atoms with Crippen LogP contribution in [0.25, 0.3) is 0 Å². The Labute approximate surface area is 138 Å². The second-order valence-corrected chi connectivity index (χ2v) is 6.48.